The third-order valence-corrected chi connectivity index (χ3v) is 11.3. The quantitative estimate of drug-likeness (QED) is 0.00700. The van der Waals surface area contributed by atoms with Gasteiger partial charge in [0.25, 0.3) is 22.2 Å². The summed E-state index contributed by atoms with van der Waals surface area (Å²) >= 11 is 9.41. The third-order valence-electron chi connectivity index (χ3n) is 6.73. The van der Waals surface area contributed by atoms with E-state index in [1.54, 1.807) is 12.1 Å². The van der Waals surface area contributed by atoms with Crippen molar-refractivity contribution in [3.05, 3.63) is 78.3 Å². The van der Waals surface area contributed by atoms with Crippen molar-refractivity contribution in [2.24, 2.45) is 10.3 Å². The summed E-state index contributed by atoms with van der Waals surface area (Å²) in [5.41, 5.74) is 0.0975. The fraction of sp³-hybridized carbons (Fsp3) is 0.194. The fourth-order valence-electron chi connectivity index (χ4n) is 4.35. The smallest absolute Gasteiger partial charge is 0.871 e. The van der Waals surface area contributed by atoms with Gasteiger partial charge < -0.3 is 50.2 Å². The number of aliphatic carboxylic acids is 1. The van der Waals surface area contributed by atoms with Crippen LogP contribution in [0.25, 0.3) is 17.2 Å². The molecule has 0 spiro atoms. The zero-order valence-electron chi connectivity index (χ0n) is 29.1. The monoisotopic (exact) mass is 1040 g/mol. The van der Waals surface area contributed by atoms with Crippen molar-refractivity contribution in [3.8, 4) is 28.4 Å². The van der Waals surface area contributed by atoms with Gasteiger partial charge in [-0.25, -0.2) is 13.2 Å². The van der Waals surface area contributed by atoms with Crippen LogP contribution in [0.15, 0.2) is 72.0 Å². The number of phenols is 2. The van der Waals surface area contributed by atoms with Gasteiger partial charge in [-0.3, -0.25) is 9.59 Å². The number of carbonyl (C=O) groups excluding carboxylic acids is 2. The molecule has 3 aromatic rings. The molecule has 25 heteroatoms. The number of aromatic hydroxyl groups is 2. The van der Waals surface area contributed by atoms with Crippen LogP contribution in [-0.2, 0) is 41.8 Å². The van der Waals surface area contributed by atoms with Gasteiger partial charge in [0.15, 0.2) is 0 Å². The van der Waals surface area contributed by atoms with E-state index in [0.717, 1.165) is 6.07 Å². The molecule has 3 aromatic carbocycles. The standard InChI is InChI=1S/C31H29Br3N4O13S3.2Na/c32-20-9-15(1-2-25(20)39)12-23(37-46)29(42)35-3-5-52-53-6-4-36-30(43)24(38-47)13-16-7-18(27(40)21(33)10-16)19-8-17(11-22(34)28(19)41)14-26(31(44)45)51-54(48,49)50;;/h1-2,7-11,14,39-41,46-47H,3-6,12-13H2,(H,35,42)(H,36,43)(H,44,45)(H,48,49,50);;/q;2*+1/p-2/b26-14?,37-23+,38-24+;;. The summed E-state index contributed by atoms with van der Waals surface area (Å²) < 4.78 is 37.3. The number of phenolic OH excluding ortho intramolecular Hbond substituents is 2. The minimum atomic E-state index is -5.45. The number of hydrogen-bond acceptors (Lipinski definition) is 16. The summed E-state index contributed by atoms with van der Waals surface area (Å²) in [5, 5.41) is 73.0. The first-order chi connectivity index (χ1) is 25.4. The molecule has 3 rings (SSSR count). The van der Waals surface area contributed by atoms with Gasteiger partial charge >= 0.3 is 65.1 Å². The van der Waals surface area contributed by atoms with Crippen LogP contribution in [0.4, 0.5) is 0 Å². The van der Waals surface area contributed by atoms with E-state index < -0.39 is 45.4 Å². The molecule has 0 aliphatic heterocycles. The number of halogens is 3. The Labute approximate surface area is 397 Å². The minimum Gasteiger partial charge on any atom is -0.871 e. The molecule has 290 valence electrons. The van der Waals surface area contributed by atoms with Crippen molar-refractivity contribution in [3.63, 3.8) is 0 Å². The van der Waals surface area contributed by atoms with E-state index >= 15 is 0 Å². The van der Waals surface area contributed by atoms with Crippen molar-refractivity contribution in [2.75, 3.05) is 24.6 Å². The van der Waals surface area contributed by atoms with Gasteiger partial charge in [-0.2, -0.15) is 0 Å². The molecule has 0 aromatic heterocycles. The van der Waals surface area contributed by atoms with Crippen molar-refractivity contribution < 1.29 is 121 Å². The predicted molar refractivity (Wildman–Crippen MR) is 207 cm³/mol. The van der Waals surface area contributed by atoms with Crippen LogP contribution in [0.3, 0.4) is 0 Å². The van der Waals surface area contributed by atoms with Crippen LogP contribution in [0.2, 0.25) is 0 Å². The van der Waals surface area contributed by atoms with Gasteiger partial charge in [-0.1, -0.05) is 65.7 Å². The topological polar surface area (TPSA) is 291 Å². The number of nitrogens with zero attached hydrogens (tertiary/aromatic N) is 2. The second-order valence-corrected chi connectivity index (χ2v) is 16.8. The average Bonchev–Trinajstić information content (AvgIpc) is 3.10. The zero-order chi connectivity index (χ0) is 40.2. The molecular weight excluding hydrogens is 1020 g/mol. The molecule has 56 heavy (non-hydrogen) atoms. The number of benzene rings is 3. The summed E-state index contributed by atoms with van der Waals surface area (Å²) in [7, 11) is -2.66. The number of carbonyl (C=O) groups is 3. The van der Waals surface area contributed by atoms with Gasteiger partial charge in [0.2, 0.25) is 5.76 Å². The van der Waals surface area contributed by atoms with Gasteiger partial charge in [-0.15, -0.1) is 0 Å². The number of carboxylic acids is 1. The summed E-state index contributed by atoms with van der Waals surface area (Å²) in [4.78, 5) is 36.6. The van der Waals surface area contributed by atoms with E-state index in [0.29, 0.717) is 27.6 Å². The second-order valence-electron chi connectivity index (χ2n) is 10.5. The van der Waals surface area contributed by atoms with E-state index in [1.807, 2.05) is 0 Å². The first kappa shape index (κ1) is 52.0. The fourth-order valence-corrected chi connectivity index (χ4v) is 7.91. The molecule has 0 atom stereocenters. The Hall–Kier alpha value is -2.00. The molecule has 0 radical (unpaired) electrons. The SMILES string of the molecule is O=C(O)C(=Cc1cc(Br)c(O)c(-c2cc(C/C(=N\O)C(=O)NCCSSCCNC(=O)/C(Cc3ccc(O)c(Br)c3)=N/O)cc(Br)c2[O-])c1)OS(=O)(=O)[O-].[Na+].[Na+]. The van der Waals surface area contributed by atoms with Crippen molar-refractivity contribution in [1.82, 2.24) is 10.6 Å². The first-order valence-corrected chi connectivity index (χ1v) is 21.0. The average molecular weight is 1050 g/mol. The van der Waals surface area contributed by atoms with Crippen molar-refractivity contribution in [2.45, 2.75) is 12.8 Å². The molecule has 0 bridgehead atoms. The van der Waals surface area contributed by atoms with Crippen molar-refractivity contribution in [1.29, 1.82) is 0 Å². The number of hydrogen-bond donors (Lipinski definition) is 7. The molecule has 0 aliphatic rings. The summed E-state index contributed by atoms with van der Waals surface area (Å²) in [6.45, 7) is 0.416. The Kier molecular flexibility index (Phi) is 23.0. The summed E-state index contributed by atoms with van der Waals surface area (Å²) in [6.07, 6.45) is 0.446. The third kappa shape index (κ3) is 16.3. The van der Waals surface area contributed by atoms with Crippen LogP contribution >= 0.6 is 69.4 Å². The van der Waals surface area contributed by atoms with Crippen LogP contribution < -0.4 is 74.9 Å². The Balaban J connectivity index is 0.00000784. The largest absolute Gasteiger partial charge is 1.00 e. The molecule has 0 unspecified atom stereocenters. The minimum absolute atomic E-state index is 0. The van der Waals surface area contributed by atoms with Crippen LogP contribution in [0, 0.1) is 0 Å². The van der Waals surface area contributed by atoms with Gasteiger partial charge in [0, 0.05) is 47.5 Å². The Morgan fingerprint density at radius 1 is 0.804 bits per heavy atom. The maximum atomic E-state index is 13.1. The molecule has 0 saturated carbocycles. The Bertz CT molecular complexity index is 2130. The van der Waals surface area contributed by atoms with E-state index in [9.17, 15) is 58.2 Å². The van der Waals surface area contributed by atoms with Gasteiger partial charge in [0.05, 0.1) is 8.95 Å². The van der Waals surface area contributed by atoms with Crippen LogP contribution in [-0.4, -0.2) is 92.5 Å². The molecule has 7 N–H and O–H groups in total. The number of nitrogens with one attached hydrogen (secondary N) is 2. The van der Waals surface area contributed by atoms with Gasteiger partial charge in [-0.05, 0) is 90.5 Å². The van der Waals surface area contributed by atoms with E-state index in [4.69, 9.17) is 0 Å². The molecule has 0 aliphatic carbocycles. The molecule has 0 heterocycles. The Morgan fingerprint density at radius 3 is 1.84 bits per heavy atom. The van der Waals surface area contributed by atoms with Crippen LogP contribution in [0.5, 0.6) is 17.2 Å². The number of amides is 2. The molecule has 0 saturated heterocycles. The zero-order valence-corrected chi connectivity index (χ0v) is 40.3. The van der Waals surface area contributed by atoms with Crippen LogP contribution in [0.1, 0.15) is 16.7 Å². The molecule has 0 fully saturated rings. The second kappa shape index (κ2) is 24.8. The number of carboxylic acid groups (broad SMARTS) is 1. The first-order valence-electron chi connectivity index (χ1n) is 14.8. The number of rotatable bonds is 18. The van der Waals surface area contributed by atoms with Crippen molar-refractivity contribution >= 4 is 115 Å². The maximum absolute atomic E-state index is 13.1. The summed E-state index contributed by atoms with van der Waals surface area (Å²) in [6, 6.07) is 9.59. The van der Waals surface area contributed by atoms with E-state index in [2.05, 4.69) is 72.9 Å². The molecule has 2 amide bonds. The molecular formula is C31H27Br3N4Na2O13S3. The molecule has 17 nitrogen and oxygen atoms in total. The summed E-state index contributed by atoms with van der Waals surface area (Å²) in [5.74, 6) is -4.58. The number of oxime groups is 2. The normalized spacial score (nSPS) is 11.9. The maximum Gasteiger partial charge on any atom is 1.00 e. The van der Waals surface area contributed by atoms with E-state index in [1.165, 1.54) is 45.9 Å². The van der Waals surface area contributed by atoms with Gasteiger partial charge in [0.1, 0.15) is 22.9 Å². The predicted octanol–water partition coefficient (Wildman–Crippen LogP) is -1.90. The van der Waals surface area contributed by atoms with E-state index in [-0.39, 0.29) is 133 Å². The Morgan fingerprint density at radius 2 is 1.34 bits per heavy atom.